The molecule has 22 heavy (non-hydrogen) atoms. The highest BCUT2D eigenvalue weighted by atomic mass is 16.5. The predicted molar refractivity (Wildman–Crippen MR) is 89.0 cm³/mol. The van der Waals surface area contributed by atoms with E-state index in [1.807, 2.05) is 48.5 Å². The molecule has 5 heteroatoms. The fourth-order valence-corrected chi connectivity index (χ4v) is 2.25. The SMILES string of the molecule is COc1cc(Nc2nc3ccccc3cc2N)cc(OC)c1. The number of nitrogen functional groups attached to an aromatic ring is 1. The van der Waals surface area contributed by atoms with Crippen LogP contribution in [-0.2, 0) is 0 Å². The van der Waals surface area contributed by atoms with Crippen LogP contribution < -0.4 is 20.5 Å². The van der Waals surface area contributed by atoms with Crippen LogP contribution in [0.5, 0.6) is 11.5 Å². The van der Waals surface area contributed by atoms with Gasteiger partial charge in [-0.2, -0.15) is 0 Å². The Hall–Kier alpha value is -2.95. The lowest BCUT2D eigenvalue weighted by atomic mass is 10.2. The Balaban J connectivity index is 2.00. The number of ether oxygens (including phenoxy) is 2. The summed E-state index contributed by atoms with van der Waals surface area (Å²) in [6, 6.07) is 15.3. The number of hydrogen-bond donors (Lipinski definition) is 2. The van der Waals surface area contributed by atoms with E-state index in [0.29, 0.717) is 23.0 Å². The highest BCUT2D eigenvalue weighted by Gasteiger charge is 2.07. The van der Waals surface area contributed by atoms with Gasteiger partial charge in [-0.05, 0) is 12.1 Å². The Labute approximate surface area is 128 Å². The van der Waals surface area contributed by atoms with E-state index in [-0.39, 0.29) is 0 Å². The average molecular weight is 295 g/mol. The maximum absolute atomic E-state index is 6.09. The molecule has 3 N–H and O–H groups in total. The molecule has 112 valence electrons. The number of aromatic nitrogens is 1. The Morgan fingerprint density at radius 3 is 2.32 bits per heavy atom. The minimum atomic E-state index is 0.584. The first-order valence-electron chi connectivity index (χ1n) is 6.85. The van der Waals surface area contributed by atoms with E-state index < -0.39 is 0 Å². The molecule has 0 radical (unpaired) electrons. The Bertz CT molecular complexity index is 796. The van der Waals surface area contributed by atoms with Gasteiger partial charge in [0, 0.05) is 29.3 Å². The second-order valence-corrected chi connectivity index (χ2v) is 4.85. The van der Waals surface area contributed by atoms with Gasteiger partial charge in [-0.3, -0.25) is 0 Å². The fourth-order valence-electron chi connectivity index (χ4n) is 2.25. The summed E-state index contributed by atoms with van der Waals surface area (Å²) >= 11 is 0. The van der Waals surface area contributed by atoms with E-state index in [1.165, 1.54) is 0 Å². The predicted octanol–water partition coefficient (Wildman–Crippen LogP) is 3.58. The molecule has 5 nitrogen and oxygen atoms in total. The molecule has 2 aromatic carbocycles. The number of anilines is 3. The van der Waals surface area contributed by atoms with Crippen molar-refractivity contribution in [2.45, 2.75) is 0 Å². The van der Waals surface area contributed by atoms with E-state index in [2.05, 4.69) is 10.3 Å². The summed E-state index contributed by atoms with van der Waals surface area (Å²) in [5.41, 5.74) is 8.35. The topological polar surface area (TPSA) is 69.4 Å². The number of benzene rings is 2. The molecule has 0 fully saturated rings. The van der Waals surface area contributed by atoms with Crippen molar-refractivity contribution in [2.24, 2.45) is 0 Å². The first kappa shape index (κ1) is 14.0. The second kappa shape index (κ2) is 5.81. The molecular weight excluding hydrogens is 278 g/mol. The van der Waals surface area contributed by atoms with Crippen molar-refractivity contribution < 1.29 is 9.47 Å². The number of hydrogen-bond acceptors (Lipinski definition) is 5. The Morgan fingerprint density at radius 2 is 1.64 bits per heavy atom. The van der Waals surface area contributed by atoms with Crippen molar-refractivity contribution in [1.82, 2.24) is 4.98 Å². The lowest BCUT2D eigenvalue weighted by molar-refractivity contribution is 0.395. The van der Waals surface area contributed by atoms with Crippen LogP contribution in [0.1, 0.15) is 0 Å². The summed E-state index contributed by atoms with van der Waals surface area (Å²) in [4.78, 5) is 4.56. The smallest absolute Gasteiger partial charge is 0.154 e. The molecule has 3 aromatic rings. The largest absolute Gasteiger partial charge is 0.497 e. The van der Waals surface area contributed by atoms with Crippen LogP contribution in [0.2, 0.25) is 0 Å². The summed E-state index contributed by atoms with van der Waals surface area (Å²) in [6.45, 7) is 0. The molecule has 0 saturated carbocycles. The van der Waals surface area contributed by atoms with E-state index in [9.17, 15) is 0 Å². The number of rotatable bonds is 4. The minimum absolute atomic E-state index is 0.584. The molecule has 0 saturated heterocycles. The Kier molecular flexibility index (Phi) is 3.70. The van der Waals surface area contributed by atoms with Crippen molar-refractivity contribution in [2.75, 3.05) is 25.3 Å². The van der Waals surface area contributed by atoms with Gasteiger partial charge in [-0.25, -0.2) is 4.98 Å². The van der Waals surface area contributed by atoms with Crippen molar-refractivity contribution in [3.05, 3.63) is 48.5 Å². The molecule has 0 spiro atoms. The van der Waals surface area contributed by atoms with Crippen LogP contribution in [0.3, 0.4) is 0 Å². The normalized spacial score (nSPS) is 10.5. The van der Waals surface area contributed by atoms with Gasteiger partial charge in [0.25, 0.3) is 0 Å². The fraction of sp³-hybridized carbons (Fsp3) is 0.118. The van der Waals surface area contributed by atoms with Gasteiger partial charge in [0.15, 0.2) is 5.82 Å². The highest BCUT2D eigenvalue weighted by molar-refractivity contribution is 5.87. The van der Waals surface area contributed by atoms with E-state index in [0.717, 1.165) is 16.6 Å². The summed E-state index contributed by atoms with van der Waals surface area (Å²) in [7, 11) is 3.22. The zero-order valence-electron chi connectivity index (χ0n) is 12.5. The lowest BCUT2D eigenvalue weighted by Crippen LogP contribution is -2.00. The molecule has 1 heterocycles. The first-order chi connectivity index (χ1) is 10.7. The van der Waals surface area contributed by atoms with E-state index >= 15 is 0 Å². The van der Waals surface area contributed by atoms with Crippen LogP contribution in [0.4, 0.5) is 17.2 Å². The average Bonchev–Trinajstić information content (AvgIpc) is 2.55. The molecule has 1 aromatic heterocycles. The monoisotopic (exact) mass is 295 g/mol. The molecular formula is C17H17N3O2. The molecule has 0 atom stereocenters. The van der Waals surface area contributed by atoms with Crippen molar-refractivity contribution in [3.8, 4) is 11.5 Å². The third-order valence-corrected chi connectivity index (χ3v) is 3.37. The molecule has 0 aliphatic heterocycles. The molecule has 0 amide bonds. The van der Waals surface area contributed by atoms with Gasteiger partial charge in [-0.1, -0.05) is 18.2 Å². The molecule has 0 aliphatic carbocycles. The third kappa shape index (κ3) is 2.74. The molecule has 0 bridgehead atoms. The van der Waals surface area contributed by atoms with Gasteiger partial charge in [0.2, 0.25) is 0 Å². The number of nitrogens with one attached hydrogen (secondary N) is 1. The van der Waals surface area contributed by atoms with Gasteiger partial charge in [0.05, 0.1) is 25.4 Å². The molecule has 3 rings (SSSR count). The quantitative estimate of drug-likeness (QED) is 0.770. The maximum atomic E-state index is 6.09. The number of para-hydroxylation sites is 1. The zero-order valence-corrected chi connectivity index (χ0v) is 12.5. The van der Waals surface area contributed by atoms with Crippen LogP contribution in [-0.4, -0.2) is 19.2 Å². The number of pyridine rings is 1. The van der Waals surface area contributed by atoms with Crippen LogP contribution in [0.15, 0.2) is 48.5 Å². The van der Waals surface area contributed by atoms with Crippen LogP contribution in [0.25, 0.3) is 10.9 Å². The van der Waals surface area contributed by atoms with E-state index in [4.69, 9.17) is 15.2 Å². The van der Waals surface area contributed by atoms with Gasteiger partial charge < -0.3 is 20.5 Å². The minimum Gasteiger partial charge on any atom is -0.497 e. The number of nitrogens with zero attached hydrogens (tertiary/aromatic N) is 1. The number of fused-ring (bicyclic) bond motifs is 1. The van der Waals surface area contributed by atoms with Crippen molar-refractivity contribution in [3.63, 3.8) is 0 Å². The number of methoxy groups -OCH3 is 2. The van der Waals surface area contributed by atoms with Crippen LogP contribution >= 0.6 is 0 Å². The lowest BCUT2D eigenvalue weighted by Gasteiger charge is -2.12. The maximum Gasteiger partial charge on any atom is 0.154 e. The van der Waals surface area contributed by atoms with Crippen molar-refractivity contribution >= 4 is 28.1 Å². The summed E-state index contributed by atoms with van der Waals surface area (Å²) in [5, 5.41) is 4.23. The highest BCUT2D eigenvalue weighted by Crippen LogP contribution is 2.30. The first-order valence-corrected chi connectivity index (χ1v) is 6.85. The third-order valence-electron chi connectivity index (χ3n) is 3.37. The summed E-state index contributed by atoms with van der Waals surface area (Å²) in [6.07, 6.45) is 0. The van der Waals surface area contributed by atoms with Gasteiger partial charge in [-0.15, -0.1) is 0 Å². The Morgan fingerprint density at radius 1 is 0.955 bits per heavy atom. The second-order valence-electron chi connectivity index (χ2n) is 4.85. The van der Waals surface area contributed by atoms with Gasteiger partial charge >= 0.3 is 0 Å². The summed E-state index contributed by atoms with van der Waals surface area (Å²) in [5.74, 6) is 2.00. The van der Waals surface area contributed by atoms with Crippen molar-refractivity contribution in [1.29, 1.82) is 0 Å². The zero-order chi connectivity index (χ0) is 15.5. The van der Waals surface area contributed by atoms with Gasteiger partial charge in [0.1, 0.15) is 11.5 Å². The van der Waals surface area contributed by atoms with Crippen LogP contribution in [0, 0.1) is 0 Å². The molecule has 0 aliphatic rings. The van der Waals surface area contributed by atoms with E-state index in [1.54, 1.807) is 14.2 Å². The standard InChI is InChI=1S/C17H17N3O2/c1-21-13-8-12(9-14(10-13)22-2)19-17-15(18)7-11-5-3-4-6-16(11)20-17/h3-10H,18H2,1-2H3,(H,19,20). The number of nitrogens with two attached hydrogens (primary N) is 1. The molecule has 0 unspecified atom stereocenters. The summed E-state index contributed by atoms with van der Waals surface area (Å²) < 4.78 is 10.5.